The fourth-order valence-electron chi connectivity index (χ4n) is 2.24. The van der Waals surface area contributed by atoms with Crippen LogP contribution in [0.2, 0.25) is 0 Å². The van der Waals surface area contributed by atoms with Crippen LogP contribution in [0.25, 0.3) is 0 Å². The summed E-state index contributed by atoms with van der Waals surface area (Å²) in [5, 5.41) is 0. The maximum absolute atomic E-state index is 13.6. The summed E-state index contributed by atoms with van der Waals surface area (Å²) in [5.41, 5.74) is 9.04. The maximum atomic E-state index is 13.6. The number of halogens is 2. The van der Waals surface area contributed by atoms with E-state index in [1.807, 2.05) is 32.0 Å². The number of benzene rings is 2. The zero-order valence-electron chi connectivity index (χ0n) is 11.9. The van der Waals surface area contributed by atoms with E-state index in [0.717, 1.165) is 34.9 Å². The molecule has 0 fully saturated rings. The topological polar surface area (TPSA) is 43.1 Å². The molecule has 0 saturated carbocycles. The van der Waals surface area contributed by atoms with E-state index in [1.54, 1.807) is 0 Å². The van der Waals surface area contributed by atoms with Crippen LogP contribution in [-0.4, -0.2) is 9.96 Å². The van der Waals surface area contributed by atoms with Gasteiger partial charge in [0.25, 0.3) is 0 Å². The third-order valence-corrected chi connectivity index (χ3v) is 4.76. The first-order valence-electron chi connectivity index (χ1n) is 6.54. The molecule has 0 amide bonds. The minimum absolute atomic E-state index is 0.0459. The molecule has 2 aromatic carbocycles. The van der Waals surface area contributed by atoms with E-state index in [9.17, 15) is 13.0 Å². The predicted octanol–water partition coefficient (Wildman–Crippen LogP) is 3.39. The molecule has 112 valence electrons. The second kappa shape index (κ2) is 6.45. The van der Waals surface area contributed by atoms with Crippen LogP contribution in [0.4, 0.5) is 8.78 Å². The van der Waals surface area contributed by atoms with Crippen LogP contribution in [0.3, 0.4) is 0 Å². The molecule has 2 nitrogen and oxygen atoms in total. The standard InChI is InChI=1S/C16H17F2NOS/c1-10-3-5-13(11(2)7-10)15(19)9-21(20)16-8-12(17)4-6-14(16)18/h3-8,15H,9,19H2,1-2H3. The Hall–Kier alpha value is -1.59. The Morgan fingerprint density at radius 1 is 1.14 bits per heavy atom. The third-order valence-electron chi connectivity index (χ3n) is 3.29. The molecule has 2 atom stereocenters. The first-order chi connectivity index (χ1) is 9.88. The molecule has 0 aliphatic rings. The summed E-state index contributed by atoms with van der Waals surface area (Å²) < 4.78 is 39.0. The summed E-state index contributed by atoms with van der Waals surface area (Å²) in [4.78, 5) is -0.143. The van der Waals surface area contributed by atoms with Crippen LogP contribution in [0.1, 0.15) is 22.7 Å². The quantitative estimate of drug-likeness (QED) is 0.941. The molecule has 2 N–H and O–H groups in total. The molecule has 0 saturated heterocycles. The van der Waals surface area contributed by atoms with Crippen LogP contribution in [0, 0.1) is 25.5 Å². The van der Waals surface area contributed by atoms with Gasteiger partial charge in [0.05, 0.1) is 15.7 Å². The van der Waals surface area contributed by atoms with Gasteiger partial charge >= 0.3 is 0 Å². The van der Waals surface area contributed by atoms with Crippen molar-refractivity contribution >= 4 is 10.8 Å². The summed E-state index contributed by atoms with van der Waals surface area (Å²) in [6.45, 7) is 3.90. The fraction of sp³-hybridized carbons (Fsp3) is 0.250. The number of hydrogen-bond acceptors (Lipinski definition) is 2. The Morgan fingerprint density at radius 2 is 1.86 bits per heavy atom. The molecule has 0 bridgehead atoms. The van der Waals surface area contributed by atoms with Gasteiger partial charge in [-0.15, -0.1) is 0 Å². The van der Waals surface area contributed by atoms with Crippen molar-refractivity contribution in [1.82, 2.24) is 0 Å². The smallest absolute Gasteiger partial charge is 0.139 e. The molecular formula is C16H17F2NOS. The van der Waals surface area contributed by atoms with Gasteiger partial charge in [-0.1, -0.05) is 23.8 Å². The average Bonchev–Trinajstić information content (AvgIpc) is 2.41. The van der Waals surface area contributed by atoms with E-state index in [-0.39, 0.29) is 10.6 Å². The number of hydrogen-bond donors (Lipinski definition) is 1. The van der Waals surface area contributed by atoms with Crippen molar-refractivity contribution in [2.24, 2.45) is 5.73 Å². The number of aryl methyl sites for hydroxylation is 2. The van der Waals surface area contributed by atoms with Crippen molar-refractivity contribution in [3.05, 3.63) is 64.7 Å². The summed E-state index contributed by atoms with van der Waals surface area (Å²) in [5.74, 6) is -1.24. The van der Waals surface area contributed by atoms with Gasteiger partial charge in [-0.3, -0.25) is 4.21 Å². The molecule has 2 unspecified atom stereocenters. The van der Waals surface area contributed by atoms with Crippen LogP contribution in [-0.2, 0) is 10.8 Å². The lowest BCUT2D eigenvalue weighted by atomic mass is 10.0. The van der Waals surface area contributed by atoms with E-state index >= 15 is 0 Å². The van der Waals surface area contributed by atoms with Gasteiger partial charge in [0.15, 0.2) is 0 Å². The van der Waals surface area contributed by atoms with E-state index in [4.69, 9.17) is 5.73 Å². The second-order valence-electron chi connectivity index (χ2n) is 5.05. The van der Waals surface area contributed by atoms with Gasteiger partial charge in [0, 0.05) is 11.8 Å². The summed E-state index contributed by atoms with van der Waals surface area (Å²) >= 11 is 0. The first kappa shape index (κ1) is 15.8. The summed E-state index contributed by atoms with van der Waals surface area (Å²) in [6, 6.07) is 8.24. The fourth-order valence-corrected chi connectivity index (χ4v) is 3.45. The zero-order valence-corrected chi connectivity index (χ0v) is 12.7. The number of nitrogens with two attached hydrogens (primary N) is 1. The highest BCUT2D eigenvalue weighted by Crippen LogP contribution is 2.21. The monoisotopic (exact) mass is 309 g/mol. The molecule has 0 aliphatic carbocycles. The molecule has 0 radical (unpaired) electrons. The van der Waals surface area contributed by atoms with Gasteiger partial charge in [-0.2, -0.15) is 0 Å². The molecule has 2 rings (SSSR count). The highest BCUT2D eigenvalue weighted by atomic mass is 32.2. The van der Waals surface area contributed by atoms with Gasteiger partial charge < -0.3 is 5.73 Å². The molecule has 0 aliphatic heterocycles. The molecule has 2 aromatic rings. The molecular weight excluding hydrogens is 292 g/mol. The highest BCUT2D eigenvalue weighted by molar-refractivity contribution is 7.85. The minimum atomic E-state index is -1.69. The second-order valence-corrected chi connectivity index (χ2v) is 6.52. The van der Waals surface area contributed by atoms with Gasteiger partial charge in [-0.05, 0) is 43.2 Å². The van der Waals surface area contributed by atoms with E-state index in [1.165, 1.54) is 0 Å². The van der Waals surface area contributed by atoms with Crippen LogP contribution in [0.15, 0.2) is 41.3 Å². The van der Waals surface area contributed by atoms with Gasteiger partial charge in [0.1, 0.15) is 11.6 Å². The lowest BCUT2D eigenvalue weighted by Gasteiger charge is -2.15. The zero-order chi connectivity index (χ0) is 15.6. The Morgan fingerprint density at radius 3 is 2.52 bits per heavy atom. The van der Waals surface area contributed by atoms with Crippen molar-refractivity contribution in [2.75, 3.05) is 5.75 Å². The van der Waals surface area contributed by atoms with Crippen molar-refractivity contribution in [3.63, 3.8) is 0 Å². The highest BCUT2D eigenvalue weighted by Gasteiger charge is 2.17. The van der Waals surface area contributed by atoms with Crippen molar-refractivity contribution in [3.8, 4) is 0 Å². The Labute approximate surface area is 125 Å². The Kier molecular flexibility index (Phi) is 4.85. The lowest BCUT2D eigenvalue weighted by molar-refractivity contribution is 0.571. The third kappa shape index (κ3) is 3.74. The van der Waals surface area contributed by atoms with E-state index in [0.29, 0.717) is 0 Å². The first-order valence-corrected chi connectivity index (χ1v) is 7.86. The van der Waals surface area contributed by atoms with Crippen LogP contribution in [0.5, 0.6) is 0 Å². The van der Waals surface area contributed by atoms with Crippen molar-refractivity contribution in [2.45, 2.75) is 24.8 Å². The van der Waals surface area contributed by atoms with E-state index in [2.05, 4.69) is 0 Å². The lowest BCUT2D eigenvalue weighted by Crippen LogP contribution is -2.20. The normalized spacial score (nSPS) is 14.0. The van der Waals surface area contributed by atoms with Gasteiger partial charge in [-0.25, -0.2) is 8.78 Å². The number of rotatable bonds is 4. The summed E-state index contributed by atoms with van der Waals surface area (Å²) in [6.07, 6.45) is 0. The van der Waals surface area contributed by atoms with Gasteiger partial charge in [0.2, 0.25) is 0 Å². The largest absolute Gasteiger partial charge is 0.323 e. The molecule has 0 aromatic heterocycles. The van der Waals surface area contributed by atoms with Crippen molar-refractivity contribution in [1.29, 1.82) is 0 Å². The average molecular weight is 309 g/mol. The van der Waals surface area contributed by atoms with Crippen molar-refractivity contribution < 1.29 is 13.0 Å². The molecule has 0 spiro atoms. The summed E-state index contributed by atoms with van der Waals surface area (Å²) in [7, 11) is -1.69. The van der Waals surface area contributed by atoms with Crippen LogP contribution < -0.4 is 5.73 Å². The predicted molar refractivity (Wildman–Crippen MR) is 80.5 cm³/mol. The molecule has 21 heavy (non-hydrogen) atoms. The Balaban J connectivity index is 2.20. The van der Waals surface area contributed by atoms with Crippen LogP contribution >= 0.6 is 0 Å². The maximum Gasteiger partial charge on any atom is 0.139 e. The molecule has 0 heterocycles. The SMILES string of the molecule is Cc1ccc(C(N)CS(=O)c2cc(F)ccc2F)c(C)c1. The molecule has 5 heteroatoms. The minimum Gasteiger partial charge on any atom is -0.323 e. The Bertz CT molecular complexity index is 688. The van der Waals surface area contributed by atoms with E-state index < -0.39 is 28.5 Å².